The minimum Gasteiger partial charge on any atom is -0.311 e. The van der Waals surface area contributed by atoms with Crippen LogP contribution in [0.25, 0.3) is 0 Å². The topological polar surface area (TPSA) is 127 Å². The number of nitrogens with one attached hydrogen (secondary N) is 2. The van der Waals surface area contributed by atoms with Crippen LogP contribution >= 0.6 is 0 Å². The van der Waals surface area contributed by atoms with Gasteiger partial charge in [0, 0.05) is 24.9 Å². The van der Waals surface area contributed by atoms with Crippen LogP contribution in [0, 0.1) is 10.1 Å². The number of hydrogen-bond acceptors (Lipinski definition) is 7. The second-order valence-electron chi connectivity index (χ2n) is 4.95. The Hall–Kier alpha value is -2.59. The first-order valence-corrected chi connectivity index (χ1v) is 8.27. The molecule has 0 aliphatic carbocycles. The van der Waals surface area contributed by atoms with E-state index >= 15 is 0 Å². The first-order chi connectivity index (χ1) is 11.0. The van der Waals surface area contributed by atoms with Gasteiger partial charge in [0.1, 0.15) is 0 Å². The molecule has 1 aromatic heterocycles. The van der Waals surface area contributed by atoms with Gasteiger partial charge in [-0.2, -0.15) is 0 Å². The minimum atomic E-state index is -3.90. The van der Waals surface area contributed by atoms with Gasteiger partial charge in [0.25, 0.3) is 15.7 Å². The van der Waals surface area contributed by atoms with Gasteiger partial charge in [0.2, 0.25) is 5.95 Å². The first kappa shape index (κ1) is 15.3. The molecule has 2 heterocycles. The van der Waals surface area contributed by atoms with Gasteiger partial charge in [-0.15, -0.1) is 0 Å². The number of nitrogens with zero attached hydrogens (tertiary/aromatic N) is 3. The highest BCUT2D eigenvalue weighted by Gasteiger charge is 2.19. The molecule has 0 amide bonds. The van der Waals surface area contributed by atoms with Crippen LogP contribution in [-0.4, -0.2) is 29.9 Å². The summed E-state index contributed by atoms with van der Waals surface area (Å²) < 4.78 is 26.8. The van der Waals surface area contributed by atoms with Crippen molar-refractivity contribution in [3.05, 3.63) is 51.8 Å². The number of nitro benzene ring substituents is 1. The van der Waals surface area contributed by atoms with Crippen molar-refractivity contribution >= 4 is 21.7 Å². The Morgan fingerprint density at radius 1 is 1.26 bits per heavy atom. The quantitative estimate of drug-likeness (QED) is 0.625. The number of rotatable bonds is 4. The van der Waals surface area contributed by atoms with Crippen molar-refractivity contribution in [3.8, 4) is 0 Å². The SMILES string of the molecule is O=[N+]([O-])c1ccc(S(=O)(=O)Nc2ncc3c(n2)CNCC3)cc1. The second kappa shape index (κ2) is 5.89. The summed E-state index contributed by atoms with van der Waals surface area (Å²) >= 11 is 0. The van der Waals surface area contributed by atoms with Gasteiger partial charge in [0.15, 0.2) is 0 Å². The lowest BCUT2D eigenvalue weighted by atomic mass is 10.1. The van der Waals surface area contributed by atoms with E-state index in [0.29, 0.717) is 6.54 Å². The molecule has 9 nitrogen and oxygen atoms in total. The van der Waals surface area contributed by atoms with Crippen LogP contribution in [0.5, 0.6) is 0 Å². The molecule has 0 fully saturated rings. The summed E-state index contributed by atoms with van der Waals surface area (Å²) in [4.78, 5) is 18.1. The normalized spacial score (nSPS) is 14.1. The molecular formula is C13H13N5O4S. The smallest absolute Gasteiger partial charge is 0.269 e. The van der Waals surface area contributed by atoms with E-state index in [-0.39, 0.29) is 16.5 Å². The van der Waals surface area contributed by atoms with Gasteiger partial charge in [-0.3, -0.25) is 10.1 Å². The fourth-order valence-electron chi connectivity index (χ4n) is 2.21. The van der Waals surface area contributed by atoms with Crippen molar-refractivity contribution in [1.29, 1.82) is 0 Å². The average Bonchev–Trinajstić information content (AvgIpc) is 2.54. The molecule has 2 aromatic rings. The van der Waals surface area contributed by atoms with Crippen LogP contribution in [-0.2, 0) is 23.0 Å². The molecule has 0 bridgehead atoms. The summed E-state index contributed by atoms with van der Waals surface area (Å²) in [5, 5.41) is 13.8. The molecule has 1 aliphatic rings. The third-order valence-corrected chi connectivity index (χ3v) is 4.75. The first-order valence-electron chi connectivity index (χ1n) is 6.78. The van der Waals surface area contributed by atoms with Crippen LogP contribution in [0.2, 0.25) is 0 Å². The lowest BCUT2D eigenvalue weighted by Crippen LogP contribution is -2.26. The number of nitro groups is 1. The zero-order valence-electron chi connectivity index (χ0n) is 11.9. The summed E-state index contributed by atoms with van der Waals surface area (Å²) in [7, 11) is -3.90. The Kier molecular flexibility index (Phi) is 3.92. The zero-order chi connectivity index (χ0) is 16.4. The maximum atomic E-state index is 12.3. The van der Waals surface area contributed by atoms with Crippen LogP contribution < -0.4 is 10.0 Å². The Morgan fingerprint density at radius 3 is 2.70 bits per heavy atom. The molecule has 1 aliphatic heterocycles. The molecule has 0 saturated carbocycles. The predicted octanol–water partition coefficient (Wildman–Crippen LogP) is 0.831. The van der Waals surface area contributed by atoms with Gasteiger partial charge in [-0.25, -0.2) is 23.1 Å². The van der Waals surface area contributed by atoms with E-state index < -0.39 is 14.9 Å². The number of aromatic nitrogens is 2. The Morgan fingerprint density at radius 2 is 2.00 bits per heavy atom. The zero-order valence-corrected chi connectivity index (χ0v) is 12.7. The number of fused-ring (bicyclic) bond motifs is 1. The molecule has 2 N–H and O–H groups in total. The summed E-state index contributed by atoms with van der Waals surface area (Å²) in [6.07, 6.45) is 2.40. The maximum absolute atomic E-state index is 12.3. The molecule has 0 spiro atoms. The standard InChI is InChI=1S/C13H13N5O4S/c19-18(20)10-1-3-11(4-2-10)23(21,22)17-13-15-7-9-5-6-14-8-12(9)16-13/h1-4,7,14H,5-6,8H2,(H,15,16,17). The third-order valence-electron chi connectivity index (χ3n) is 3.40. The number of sulfonamides is 1. The Labute approximate surface area is 132 Å². The van der Waals surface area contributed by atoms with Crippen LogP contribution in [0.3, 0.4) is 0 Å². The highest BCUT2D eigenvalue weighted by molar-refractivity contribution is 7.92. The number of anilines is 1. The van der Waals surface area contributed by atoms with Crippen molar-refractivity contribution < 1.29 is 13.3 Å². The lowest BCUT2D eigenvalue weighted by molar-refractivity contribution is -0.384. The predicted molar refractivity (Wildman–Crippen MR) is 81.3 cm³/mol. The third kappa shape index (κ3) is 3.27. The highest BCUT2D eigenvalue weighted by atomic mass is 32.2. The molecule has 23 heavy (non-hydrogen) atoms. The van der Waals surface area contributed by atoms with E-state index in [1.54, 1.807) is 6.20 Å². The number of benzene rings is 1. The number of non-ortho nitro benzene ring substituents is 1. The van der Waals surface area contributed by atoms with Gasteiger partial charge in [-0.1, -0.05) is 0 Å². The summed E-state index contributed by atoms with van der Waals surface area (Å²) in [6.45, 7) is 1.40. The van der Waals surface area contributed by atoms with Gasteiger partial charge >= 0.3 is 0 Å². The monoisotopic (exact) mass is 335 g/mol. The lowest BCUT2D eigenvalue weighted by Gasteiger charge is -2.16. The summed E-state index contributed by atoms with van der Waals surface area (Å²) in [5.41, 5.74) is 1.56. The maximum Gasteiger partial charge on any atom is 0.269 e. The van der Waals surface area contributed by atoms with Crippen molar-refractivity contribution in [1.82, 2.24) is 15.3 Å². The molecule has 3 rings (SSSR count). The highest BCUT2D eigenvalue weighted by Crippen LogP contribution is 2.19. The van der Waals surface area contributed by atoms with E-state index in [0.717, 1.165) is 36.4 Å². The van der Waals surface area contributed by atoms with Crippen LogP contribution in [0.15, 0.2) is 35.4 Å². The fourth-order valence-corrected chi connectivity index (χ4v) is 3.16. The fraction of sp³-hybridized carbons (Fsp3) is 0.231. The van der Waals surface area contributed by atoms with E-state index in [2.05, 4.69) is 20.0 Å². The van der Waals surface area contributed by atoms with Crippen LogP contribution in [0.4, 0.5) is 11.6 Å². The van der Waals surface area contributed by atoms with Crippen molar-refractivity contribution in [2.75, 3.05) is 11.3 Å². The Balaban J connectivity index is 1.84. The molecule has 10 heteroatoms. The van der Waals surface area contributed by atoms with Crippen LogP contribution in [0.1, 0.15) is 11.3 Å². The molecule has 1 aromatic carbocycles. The van der Waals surface area contributed by atoms with Gasteiger partial charge in [-0.05, 0) is 30.7 Å². The number of hydrogen-bond donors (Lipinski definition) is 2. The summed E-state index contributed by atoms with van der Waals surface area (Å²) in [5.74, 6) is -0.0224. The molecule has 0 radical (unpaired) electrons. The molecule has 0 saturated heterocycles. The minimum absolute atomic E-state index is 0.0224. The van der Waals surface area contributed by atoms with Gasteiger partial charge in [0.05, 0.1) is 15.5 Å². The Bertz CT molecular complexity index is 851. The molecule has 0 unspecified atom stereocenters. The van der Waals surface area contributed by atoms with Crippen molar-refractivity contribution in [2.24, 2.45) is 0 Å². The van der Waals surface area contributed by atoms with E-state index in [9.17, 15) is 18.5 Å². The second-order valence-corrected chi connectivity index (χ2v) is 6.63. The van der Waals surface area contributed by atoms with Crippen molar-refractivity contribution in [3.63, 3.8) is 0 Å². The van der Waals surface area contributed by atoms with E-state index in [1.165, 1.54) is 12.1 Å². The molecule has 120 valence electrons. The summed E-state index contributed by atoms with van der Waals surface area (Å²) in [6, 6.07) is 4.60. The largest absolute Gasteiger partial charge is 0.311 e. The van der Waals surface area contributed by atoms with Gasteiger partial charge < -0.3 is 5.32 Å². The van der Waals surface area contributed by atoms with E-state index in [1.807, 2.05) is 0 Å². The molecule has 0 atom stereocenters. The van der Waals surface area contributed by atoms with E-state index in [4.69, 9.17) is 0 Å². The van der Waals surface area contributed by atoms with Crippen molar-refractivity contribution in [2.45, 2.75) is 17.9 Å². The molecular weight excluding hydrogens is 322 g/mol. The average molecular weight is 335 g/mol.